The van der Waals surface area contributed by atoms with Gasteiger partial charge in [0.05, 0.1) is 0 Å². The predicted octanol–water partition coefficient (Wildman–Crippen LogP) is 4.02. The molecule has 0 bridgehead atoms. The Morgan fingerprint density at radius 3 is 2.80 bits per heavy atom. The van der Waals surface area contributed by atoms with Gasteiger partial charge in [-0.25, -0.2) is 0 Å². The fraction of sp³-hybridized carbons (Fsp3) is 0.250. The van der Waals surface area contributed by atoms with E-state index in [4.69, 9.17) is 4.52 Å². The molecule has 25 heavy (non-hydrogen) atoms. The molecule has 1 saturated heterocycles. The Kier molecular flexibility index (Phi) is 4.06. The van der Waals surface area contributed by atoms with Crippen LogP contribution in [0.4, 0.5) is 0 Å². The summed E-state index contributed by atoms with van der Waals surface area (Å²) in [5, 5.41) is 4.09. The van der Waals surface area contributed by atoms with Crippen molar-refractivity contribution in [3.05, 3.63) is 71.6 Å². The maximum Gasteiger partial charge on any atom is 0.254 e. The summed E-state index contributed by atoms with van der Waals surface area (Å²) in [7, 11) is 0. The average molecular weight is 333 g/mol. The molecule has 2 aromatic carbocycles. The second kappa shape index (κ2) is 6.51. The maximum atomic E-state index is 12.9. The van der Waals surface area contributed by atoms with E-state index in [1.54, 1.807) is 0 Å². The van der Waals surface area contributed by atoms with E-state index in [2.05, 4.69) is 10.1 Å². The van der Waals surface area contributed by atoms with Crippen molar-refractivity contribution < 1.29 is 9.32 Å². The van der Waals surface area contributed by atoms with Gasteiger partial charge in [0.2, 0.25) is 11.7 Å². The van der Waals surface area contributed by atoms with Gasteiger partial charge in [-0.15, -0.1) is 0 Å². The molecule has 0 spiro atoms. The van der Waals surface area contributed by atoms with E-state index < -0.39 is 0 Å². The van der Waals surface area contributed by atoms with Crippen LogP contribution in [0.2, 0.25) is 0 Å². The fourth-order valence-electron chi connectivity index (χ4n) is 3.29. The summed E-state index contributed by atoms with van der Waals surface area (Å²) in [5.41, 5.74) is 2.69. The standard InChI is InChI=1S/C20H19N3O2/c1-14-7-5-10-16(13-14)20(24)23-12-6-11-17(23)19-21-18(22-25-19)15-8-3-2-4-9-15/h2-5,7-10,13,17H,6,11-12H2,1H3/t17-/m0/s1. The van der Waals surface area contributed by atoms with Gasteiger partial charge in [0.15, 0.2) is 0 Å². The zero-order valence-corrected chi connectivity index (χ0v) is 14.1. The number of nitrogens with zero attached hydrogens (tertiary/aromatic N) is 3. The molecule has 1 aliphatic rings. The molecular formula is C20H19N3O2. The second-order valence-corrected chi connectivity index (χ2v) is 6.35. The summed E-state index contributed by atoms with van der Waals surface area (Å²) in [6.45, 7) is 2.70. The third kappa shape index (κ3) is 3.05. The Morgan fingerprint density at radius 2 is 2.00 bits per heavy atom. The minimum Gasteiger partial charge on any atom is -0.337 e. The molecule has 5 nitrogen and oxygen atoms in total. The molecule has 126 valence electrons. The Balaban J connectivity index is 1.60. The Hall–Kier alpha value is -2.95. The third-order valence-electron chi connectivity index (χ3n) is 4.54. The fourth-order valence-corrected chi connectivity index (χ4v) is 3.29. The van der Waals surface area contributed by atoms with Crippen molar-refractivity contribution in [3.8, 4) is 11.4 Å². The number of benzene rings is 2. The van der Waals surface area contributed by atoms with E-state index in [1.807, 2.05) is 66.4 Å². The molecule has 0 saturated carbocycles. The third-order valence-corrected chi connectivity index (χ3v) is 4.54. The highest BCUT2D eigenvalue weighted by atomic mass is 16.5. The number of hydrogen-bond acceptors (Lipinski definition) is 4. The molecule has 5 heteroatoms. The molecule has 2 heterocycles. The summed E-state index contributed by atoms with van der Waals surface area (Å²) in [6, 6.07) is 17.2. The van der Waals surface area contributed by atoms with E-state index in [-0.39, 0.29) is 11.9 Å². The zero-order valence-electron chi connectivity index (χ0n) is 14.1. The number of aryl methyl sites for hydroxylation is 1. The number of hydrogen-bond donors (Lipinski definition) is 0. The van der Waals surface area contributed by atoms with Crippen LogP contribution in [0.3, 0.4) is 0 Å². The molecule has 0 N–H and O–H groups in total. The molecule has 3 aromatic rings. The largest absolute Gasteiger partial charge is 0.337 e. The lowest BCUT2D eigenvalue weighted by Gasteiger charge is -2.22. The van der Waals surface area contributed by atoms with Gasteiger partial charge in [0.1, 0.15) is 6.04 Å². The van der Waals surface area contributed by atoms with Crippen LogP contribution >= 0.6 is 0 Å². The Morgan fingerprint density at radius 1 is 1.16 bits per heavy atom. The van der Waals surface area contributed by atoms with Gasteiger partial charge in [-0.05, 0) is 31.9 Å². The molecular weight excluding hydrogens is 314 g/mol. The average Bonchev–Trinajstić information content (AvgIpc) is 3.31. The number of likely N-dealkylation sites (tertiary alicyclic amines) is 1. The number of amides is 1. The van der Waals surface area contributed by atoms with Gasteiger partial charge < -0.3 is 9.42 Å². The van der Waals surface area contributed by atoms with Crippen molar-refractivity contribution in [3.63, 3.8) is 0 Å². The van der Waals surface area contributed by atoms with E-state index >= 15 is 0 Å². The van der Waals surface area contributed by atoms with Crippen molar-refractivity contribution in [2.45, 2.75) is 25.8 Å². The number of carbonyl (C=O) groups is 1. The lowest BCUT2D eigenvalue weighted by atomic mass is 10.1. The topological polar surface area (TPSA) is 59.2 Å². The van der Waals surface area contributed by atoms with E-state index in [1.165, 1.54) is 0 Å². The summed E-state index contributed by atoms with van der Waals surface area (Å²) in [6.07, 6.45) is 1.78. The lowest BCUT2D eigenvalue weighted by Crippen LogP contribution is -2.30. The summed E-state index contributed by atoms with van der Waals surface area (Å²) >= 11 is 0. The lowest BCUT2D eigenvalue weighted by molar-refractivity contribution is 0.0710. The highest BCUT2D eigenvalue weighted by Crippen LogP contribution is 2.33. The minimum atomic E-state index is -0.155. The van der Waals surface area contributed by atoms with Gasteiger partial charge in [0.25, 0.3) is 5.91 Å². The van der Waals surface area contributed by atoms with Crippen LogP contribution in [0.15, 0.2) is 59.1 Å². The quantitative estimate of drug-likeness (QED) is 0.726. The first kappa shape index (κ1) is 15.6. The number of aromatic nitrogens is 2. The van der Waals surface area contributed by atoms with Gasteiger partial charge in [-0.2, -0.15) is 4.98 Å². The first-order valence-corrected chi connectivity index (χ1v) is 8.49. The van der Waals surface area contributed by atoms with Crippen LogP contribution < -0.4 is 0 Å². The molecule has 0 radical (unpaired) electrons. The SMILES string of the molecule is Cc1cccc(C(=O)N2CCC[C@H]2c2nc(-c3ccccc3)no2)c1. The normalized spacial score (nSPS) is 17.0. The molecule has 1 atom stereocenters. The van der Waals surface area contributed by atoms with Crippen LogP contribution in [0.5, 0.6) is 0 Å². The first-order valence-electron chi connectivity index (χ1n) is 8.49. The first-order chi connectivity index (χ1) is 12.2. The van der Waals surface area contributed by atoms with Crippen molar-refractivity contribution in [2.75, 3.05) is 6.54 Å². The molecule has 4 rings (SSSR count). The highest BCUT2D eigenvalue weighted by Gasteiger charge is 2.34. The summed E-state index contributed by atoms with van der Waals surface area (Å²) < 4.78 is 5.49. The van der Waals surface area contributed by atoms with Crippen LogP contribution in [0, 0.1) is 6.92 Å². The molecule has 0 aliphatic carbocycles. The number of carbonyl (C=O) groups excluding carboxylic acids is 1. The summed E-state index contributed by atoms with van der Waals surface area (Å²) in [4.78, 5) is 19.3. The molecule has 1 fully saturated rings. The van der Waals surface area contributed by atoms with Gasteiger partial charge in [0, 0.05) is 17.7 Å². The predicted molar refractivity (Wildman–Crippen MR) is 93.9 cm³/mol. The maximum absolute atomic E-state index is 12.9. The Bertz CT molecular complexity index is 889. The van der Waals surface area contributed by atoms with Crippen molar-refractivity contribution in [2.24, 2.45) is 0 Å². The van der Waals surface area contributed by atoms with E-state index in [0.29, 0.717) is 23.8 Å². The zero-order chi connectivity index (χ0) is 17.2. The number of rotatable bonds is 3. The van der Waals surface area contributed by atoms with Crippen molar-refractivity contribution in [1.29, 1.82) is 0 Å². The minimum absolute atomic E-state index is 0.0191. The van der Waals surface area contributed by atoms with Crippen LogP contribution in [0.1, 0.15) is 40.7 Å². The van der Waals surface area contributed by atoms with Crippen LogP contribution in [-0.2, 0) is 0 Å². The van der Waals surface area contributed by atoms with Crippen LogP contribution in [0.25, 0.3) is 11.4 Å². The molecule has 1 aliphatic heterocycles. The van der Waals surface area contributed by atoms with Crippen molar-refractivity contribution >= 4 is 5.91 Å². The second-order valence-electron chi connectivity index (χ2n) is 6.35. The van der Waals surface area contributed by atoms with Gasteiger partial charge in [-0.1, -0.05) is 53.2 Å². The van der Waals surface area contributed by atoms with Crippen molar-refractivity contribution in [1.82, 2.24) is 15.0 Å². The molecule has 1 aromatic heterocycles. The van der Waals surface area contributed by atoms with Crippen LogP contribution in [-0.4, -0.2) is 27.5 Å². The van der Waals surface area contributed by atoms with E-state index in [0.717, 1.165) is 24.0 Å². The highest BCUT2D eigenvalue weighted by molar-refractivity contribution is 5.94. The smallest absolute Gasteiger partial charge is 0.254 e. The van der Waals surface area contributed by atoms with Gasteiger partial charge in [-0.3, -0.25) is 4.79 Å². The van der Waals surface area contributed by atoms with E-state index in [9.17, 15) is 4.79 Å². The molecule has 0 unspecified atom stereocenters. The van der Waals surface area contributed by atoms with Gasteiger partial charge >= 0.3 is 0 Å². The Labute approximate surface area is 146 Å². The summed E-state index contributed by atoms with van der Waals surface area (Å²) in [5.74, 6) is 1.09. The monoisotopic (exact) mass is 333 g/mol. The molecule has 1 amide bonds.